The predicted molar refractivity (Wildman–Crippen MR) is 99.0 cm³/mol. The third-order valence-corrected chi connectivity index (χ3v) is 6.15. The van der Waals surface area contributed by atoms with Crippen LogP contribution in [0, 0.1) is 13.8 Å². The molecule has 0 spiro atoms. The standard InChI is InChI=1S/C19H23NO5S/c1-13-5-8-16(9-6-13)26(23,24)20(3)17(19(21)22)12-15-11-14(2)7-10-18(15)25-4/h5-11,17H,12H2,1-4H3,(H,21,22). The lowest BCUT2D eigenvalue weighted by molar-refractivity contribution is -0.141. The van der Waals surface area contributed by atoms with Crippen LogP contribution in [-0.4, -0.2) is 44.0 Å². The van der Waals surface area contributed by atoms with Crippen LogP contribution in [0.25, 0.3) is 0 Å². The van der Waals surface area contributed by atoms with Crippen molar-refractivity contribution in [1.29, 1.82) is 0 Å². The molecule has 0 aromatic heterocycles. The van der Waals surface area contributed by atoms with E-state index in [0.717, 1.165) is 15.4 Å². The fourth-order valence-corrected chi connectivity index (χ4v) is 4.00. The summed E-state index contributed by atoms with van der Waals surface area (Å²) in [7, 11) is -1.15. The number of hydrogen-bond acceptors (Lipinski definition) is 4. The van der Waals surface area contributed by atoms with E-state index in [0.29, 0.717) is 11.3 Å². The van der Waals surface area contributed by atoms with Crippen molar-refractivity contribution >= 4 is 16.0 Å². The van der Waals surface area contributed by atoms with Gasteiger partial charge < -0.3 is 9.84 Å². The molecular weight excluding hydrogens is 354 g/mol. The van der Waals surface area contributed by atoms with Crippen molar-refractivity contribution in [3.05, 3.63) is 59.2 Å². The summed E-state index contributed by atoms with van der Waals surface area (Å²) < 4.78 is 31.9. The molecular formula is C19H23NO5S. The number of hydrogen-bond donors (Lipinski definition) is 1. The molecule has 6 nitrogen and oxygen atoms in total. The predicted octanol–water partition coefficient (Wildman–Crippen LogP) is 2.63. The van der Waals surface area contributed by atoms with Crippen molar-refractivity contribution in [1.82, 2.24) is 4.31 Å². The fraction of sp³-hybridized carbons (Fsp3) is 0.316. The number of nitrogens with zero attached hydrogens (tertiary/aromatic N) is 1. The van der Waals surface area contributed by atoms with Gasteiger partial charge in [0.2, 0.25) is 10.0 Å². The number of carbonyl (C=O) groups is 1. The van der Waals surface area contributed by atoms with Crippen molar-refractivity contribution < 1.29 is 23.1 Å². The van der Waals surface area contributed by atoms with Crippen LogP contribution < -0.4 is 4.74 Å². The van der Waals surface area contributed by atoms with Crippen LogP contribution in [0.2, 0.25) is 0 Å². The lowest BCUT2D eigenvalue weighted by Crippen LogP contribution is -2.43. The molecule has 1 unspecified atom stereocenters. The smallest absolute Gasteiger partial charge is 0.322 e. The van der Waals surface area contributed by atoms with Crippen LogP contribution in [0.1, 0.15) is 16.7 Å². The van der Waals surface area contributed by atoms with Crippen LogP contribution in [0.4, 0.5) is 0 Å². The summed E-state index contributed by atoms with van der Waals surface area (Å²) in [6.45, 7) is 3.73. The van der Waals surface area contributed by atoms with E-state index in [-0.39, 0.29) is 11.3 Å². The van der Waals surface area contributed by atoms with E-state index in [1.54, 1.807) is 24.3 Å². The summed E-state index contributed by atoms with van der Waals surface area (Å²) in [5, 5.41) is 9.65. The Morgan fingerprint density at radius 3 is 2.23 bits per heavy atom. The molecule has 26 heavy (non-hydrogen) atoms. The van der Waals surface area contributed by atoms with E-state index in [1.165, 1.54) is 26.3 Å². The number of likely N-dealkylation sites (N-methyl/N-ethyl adjacent to an activating group) is 1. The zero-order chi connectivity index (χ0) is 19.5. The van der Waals surface area contributed by atoms with Gasteiger partial charge in [0.25, 0.3) is 0 Å². The number of rotatable bonds is 7. The van der Waals surface area contributed by atoms with Crippen molar-refractivity contribution in [2.45, 2.75) is 31.2 Å². The van der Waals surface area contributed by atoms with Crippen LogP contribution >= 0.6 is 0 Å². The van der Waals surface area contributed by atoms with Gasteiger partial charge in [-0.1, -0.05) is 35.4 Å². The maximum Gasteiger partial charge on any atom is 0.322 e. The van der Waals surface area contributed by atoms with E-state index in [9.17, 15) is 18.3 Å². The molecule has 0 saturated heterocycles. The second-order valence-corrected chi connectivity index (χ2v) is 8.21. The number of benzene rings is 2. The first kappa shape index (κ1) is 19.9. The molecule has 1 atom stereocenters. The van der Waals surface area contributed by atoms with Gasteiger partial charge in [-0.2, -0.15) is 4.31 Å². The molecule has 1 N–H and O–H groups in total. The number of aryl methyl sites for hydroxylation is 2. The molecule has 140 valence electrons. The first-order valence-corrected chi connectivity index (χ1v) is 9.52. The molecule has 0 heterocycles. The summed E-state index contributed by atoms with van der Waals surface area (Å²) in [5.74, 6) is -0.685. The second-order valence-electron chi connectivity index (χ2n) is 6.21. The first-order chi connectivity index (χ1) is 12.2. The normalized spacial score (nSPS) is 12.8. The number of methoxy groups -OCH3 is 1. The number of sulfonamides is 1. The highest BCUT2D eigenvalue weighted by atomic mass is 32.2. The van der Waals surface area contributed by atoms with Crippen molar-refractivity contribution in [3.8, 4) is 5.75 Å². The Balaban J connectivity index is 2.39. The summed E-state index contributed by atoms with van der Waals surface area (Å²) in [4.78, 5) is 11.9. The molecule has 0 fully saturated rings. The molecule has 2 rings (SSSR count). The van der Waals surface area contributed by atoms with Gasteiger partial charge in [0.1, 0.15) is 11.8 Å². The van der Waals surface area contributed by atoms with Crippen molar-refractivity contribution in [2.75, 3.05) is 14.2 Å². The van der Waals surface area contributed by atoms with Crippen LogP contribution in [0.3, 0.4) is 0 Å². The van der Waals surface area contributed by atoms with Gasteiger partial charge in [0.15, 0.2) is 0 Å². The molecule has 0 aliphatic heterocycles. The highest BCUT2D eigenvalue weighted by Gasteiger charge is 2.33. The highest BCUT2D eigenvalue weighted by Crippen LogP contribution is 2.25. The minimum atomic E-state index is -3.94. The zero-order valence-electron chi connectivity index (χ0n) is 15.3. The van der Waals surface area contributed by atoms with Gasteiger partial charge in [-0.05, 0) is 37.6 Å². The van der Waals surface area contributed by atoms with E-state index in [2.05, 4.69) is 0 Å². The average Bonchev–Trinajstić information content (AvgIpc) is 2.59. The van der Waals surface area contributed by atoms with E-state index >= 15 is 0 Å². The van der Waals surface area contributed by atoms with Gasteiger partial charge in [-0.3, -0.25) is 4.79 Å². The molecule has 2 aromatic carbocycles. The van der Waals surface area contributed by atoms with Gasteiger partial charge in [0.05, 0.1) is 12.0 Å². The molecule has 0 radical (unpaired) electrons. The zero-order valence-corrected chi connectivity index (χ0v) is 16.1. The van der Waals surface area contributed by atoms with Gasteiger partial charge in [-0.15, -0.1) is 0 Å². The Labute approximate surface area is 154 Å². The van der Waals surface area contributed by atoms with Gasteiger partial charge in [-0.25, -0.2) is 8.42 Å². The Bertz CT molecular complexity index is 891. The molecule has 0 amide bonds. The monoisotopic (exact) mass is 377 g/mol. The minimum absolute atomic E-state index is 0.00176. The van der Waals surface area contributed by atoms with E-state index in [1.807, 2.05) is 19.9 Å². The van der Waals surface area contributed by atoms with E-state index < -0.39 is 22.0 Å². The molecule has 0 saturated carbocycles. The second kappa shape index (κ2) is 7.88. The SMILES string of the molecule is COc1ccc(C)cc1CC(C(=O)O)N(C)S(=O)(=O)c1ccc(C)cc1. The molecule has 0 aliphatic rings. The van der Waals surface area contributed by atoms with Crippen molar-refractivity contribution in [3.63, 3.8) is 0 Å². The lowest BCUT2D eigenvalue weighted by atomic mass is 10.0. The van der Waals surface area contributed by atoms with E-state index in [4.69, 9.17) is 4.74 Å². The Hall–Kier alpha value is -2.38. The van der Waals surface area contributed by atoms with Gasteiger partial charge in [0, 0.05) is 13.5 Å². The maximum atomic E-state index is 12.8. The largest absolute Gasteiger partial charge is 0.496 e. The topological polar surface area (TPSA) is 83.9 Å². The quantitative estimate of drug-likeness (QED) is 0.802. The fourth-order valence-electron chi connectivity index (χ4n) is 2.69. The summed E-state index contributed by atoms with van der Waals surface area (Å²) >= 11 is 0. The molecule has 7 heteroatoms. The van der Waals surface area contributed by atoms with Crippen LogP contribution in [0.5, 0.6) is 5.75 Å². The van der Waals surface area contributed by atoms with Crippen LogP contribution in [-0.2, 0) is 21.2 Å². The summed E-state index contributed by atoms with van der Waals surface area (Å²) in [6.07, 6.45) is 0.00176. The summed E-state index contributed by atoms with van der Waals surface area (Å²) in [6, 6.07) is 10.5. The van der Waals surface area contributed by atoms with Crippen molar-refractivity contribution in [2.24, 2.45) is 0 Å². The molecule has 0 aliphatic carbocycles. The third kappa shape index (κ3) is 4.23. The Morgan fingerprint density at radius 2 is 1.69 bits per heavy atom. The average molecular weight is 377 g/mol. The first-order valence-electron chi connectivity index (χ1n) is 8.08. The Morgan fingerprint density at radius 1 is 1.12 bits per heavy atom. The summed E-state index contributed by atoms with van der Waals surface area (Å²) in [5.41, 5.74) is 2.51. The minimum Gasteiger partial charge on any atom is -0.496 e. The maximum absolute atomic E-state index is 12.8. The number of ether oxygens (including phenoxy) is 1. The highest BCUT2D eigenvalue weighted by molar-refractivity contribution is 7.89. The lowest BCUT2D eigenvalue weighted by Gasteiger charge is -2.25. The number of carboxylic acids is 1. The number of carboxylic acid groups (broad SMARTS) is 1. The van der Waals surface area contributed by atoms with Crippen LogP contribution in [0.15, 0.2) is 47.4 Å². The molecule has 0 bridgehead atoms. The third-order valence-electron chi connectivity index (χ3n) is 4.27. The molecule has 2 aromatic rings. The number of aliphatic carboxylic acids is 1. The Kier molecular flexibility index (Phi) is 6.05. The van der Waals surface area contributed by atoms with Gasteiger partial charge >= 0.3 is 5.97 Å².